The van der Waals surface area contributed by atoms with Gasteiger partial charge in [0.05, 0.1) is 14.2 Å². The van der Waals surface area contributed by atoms with Crippen LogP contribution in [0.2, 0.25) is 0 Å². The van der Waals surface area contributed by atoms with E-state index >= 15 is 0 Å². The summed E-state index contributed by atoms with van der Waals surface area (Å²) in [7, 11) is 3.20. The van der Waals surface area contributed by atoms with Crippen LogP contribution in [-0.4, -0.2) is 37.6 Å². The lowest BCUT2D eigenvalue weighted by Crippen LogP contribution is -2.34. The molecule has 4 heteroatoms. The zero-order chi connectivity index (χ0) is 15.4. The molecule has 0 bridgehead atoms. The fraction of sp³-hybridized carbons (Fsp3) is 0.588. The van der Waals surface area contributed by atoms with Gasteiger partial charge in [-0.25, -0.2) is 0 Å². The van der Waals surface area contributed by atoms with Crippen LogP contribution in [-0.2, 0) is 0 Å². The van der Waals surface area contributed by atoms with Gasteiger partial charge in [-0.05, 0) is 37.3 Å². The van der Waals surface area contributed by atoms with E-state index in [1.165, 1.54) is 0 Å². The van der Waals surface area contributed by atoms with E-state index in [1.807, 2.05) is 4.90 Å². The number of hydrogen-bond donors (Lipinski definition) is 0. The first-order chi connectivity index (χ1) is 10.0. The van der Waals surface area contributed by atoms with Gasteiger partial charge in [0.2, 0.25) is 0 Å². The molecule has 1 fully saturated rings. The third-order valence-corrected chi connectivity index (χ3v) is 3.79. The van der Waals surface area contributed by atoms with Gasteiger partial charge in [0.25, 0.3) is 5.91 Å². The van der Waals surface area contributed by atoms with E-state index in [0.717, 1.165) is 25.8 Å². The molecule has 1 aliphatic carbocycles. The second-order valence-corrected chi connectivity index (χ2v) is 6.01. The van der Waals surface area contributed by atoms with Crippen molar-refractivity contribution in [1.82, 2.24) is 4.90 Å². The molecule has 4 nitrogen and oxygen atoms in total. The van der Waals surface area contributed by atoms with Crippen LogP contribution < -0.4 is 9.47 Å². The minimum absolute atomic E-state index is 0.0790. The summed E-state index contributed by atoms with van der Waals surface area (Å²) in [6, 6.07) is 5.77. The molecule has 1 amide bonds. The van der Waals surface area contributed by atoms with Crippen LogP contribution in [0.3, 0.4) is 0 Å². The molecule has 0 radical (unpaired) electrons. The second kappa shape index (κ2) is 6.83. The SMILES string of the molecule is COc1cc(OC)cc(C(=O)N(CCC(C)C)C2CC2)c1. The first-order valence-corrected chi connectivity index (χ1v) is 7.59. The van der Waals surface area contributed by atoms with E-state index in [9.17, 15) is 4.79 Å². The molecule has 0 saturated heterocycles. The molecule has 0 atom stereocenters. The first kappa shape index (κ1) is 15.7. The Morgan fingerprint density at radius 2 is 1.76 bits per heavy atom. The zero-order valence-corrected chi connectivity index (χ0v) is 13.4. The highest BCUT2D eigenvalue weighted by atomic mass is 16.5. The number of carbonyl (C=O) groups excluding carboxylic acids is 1. The molecule has 0 heterocycles. The molecule has 1 saturated carbocycles. The molecule has 0 unspecified atom stereocenters. The van der Waals surface area contributed by atoms with Gasteiger partial charge in [0.1, 0.15) is 11.5 Å². The van der Waals surface area contributed by atoms with Crippen molar-refractivity contribution < 1.29 is 14.3 Å². The van der Waals surface area contributed by atoms with Crippen molar-refractivity contribution in [1.29, 1.82) is 0 Å². The Labute approximate surface area is 127 Å². The molecule has 1 aliphatic rings. The molecule has 116 valence electrons. The summed E-state index contributed by atoms with van der Waals surface area (Å²) in [4.78, 5) is 14.8. The molecule has 0 aliphatic heterocycles. The van der Waals surface area contributed by atoms with Crippen molar-refractivity contribution in [2.45, 2.75) is 39.2 Å². The average molecular weight is 291 g/mol. The predicted molar refractivity (Wildman–Crippen MR) is 83.1 cm³/mol. The Morgan fingerprint density at radius 3 is 2.19 bits per heavy atom. The van der Waals surface area contributed by atoms with Gasteiger partial charge in [-0.15, -0.1) is 0 Å². The molecule has 0 N–H and O–H groups in total. The fourth-order valence-corrected chi connectivity index (χ4v) is 2.33. The van der Waals surface area contributed by atoms with Crippen LogP contribution in [0.1, 0.15) is 43.5 Å². The number of carbonyl (C=O) groups is 1. The van der Waals surface area contributed by atoms with Crippen LogP contribution in [0.25, 0.3) is 0 Å². The van der Waals surface area contributed by atoms with Gasteiger partial charge in [-0.3, -0.25) is 4.79 Å². The average Bonchev–Trinajstić information content (AvgIpc) is 3.31. The van der Waals surface area contributed by atoms with Crippen molar-refractivity contribution in [3.63, 3.8) is 0 Å². The van der Waals surface area contributed by atoms with Crippen LogP contribution >= 0.6 is 0 Å². The van der Waals surface area contributed by atoms with Gasteiger partial charge < -0.3 is 14.4 Å². The molecular weight excluding hydrogens is 266 g/mol. The Balaban J connectivity index is 2.19. The van der Waals surface area contributed by atoms with Crippen LogP contribution in [0.15, 0.2) is 18.2 Å². The molecule has 0 aromatic heterocycles. The lowest BCUT2D eigenvalue weighted by atomic mass is 10.1. The summed E-state index contributed by atoms with van der Waals surface area (Å²) in [5, 5.41) is 0. The normalized spacial score (nSPS) is 14.1. The highest BCUT2D eigenvalue weighted by molar-refractivity contribution is 5.95. The minimum atomic E-state index is 0.0790. The largest absolute Gasteiger partial charge is 0.497 e. The van der Waals surface area contributed by atoms with E-state index < -0.39 is 0 Å². The number of benzene rings is 1. The van der Waals surface area contributed by atoms with E-state index in [1.54, 1.807) is 32.4 Å². The Bertz CT molecular complexity index is 473. The molecule has 2 rings (SSSR count). The number of ether oxygens (including phenoxy) is 2. The molecule has 1 aromatic rings. The van der Waals surface area contributed by atoms with Crippen molar-refractivity contribution in [2.24, 2.45) is 5.92 Å². The zero-order valence-electron chi connectivity index (χ0n) is 13.4. The maximum atomic E-state index is 12.8. The number of methoxy groups -OCH3 is 2. The van der Waals surface area contributed by atoms with Gasteiger partial charge >= 0.3 is 0 Å². The molecule has 21 heavy (non-hydrogen) atoms. The Kier molecular flexibility index (Phi) is 5.10. The summed E-state index contributed by atoms with van der Waals surface area (Å²) in [6.07, 6.45) is 3.26. The minimum Gasteiger partial charge on any atom is -0.497 e. The molecule has 0 spiro atoms. The van der Waals surface area contributed by atoms with Gasteiger partial charge in [0, 0.05) is 24.2 Å². The van der Waals surface area contributed by atoms with E-state index in [4.69, 9.17) is 9.47 Å². The number of amides is 1. The maximum absolute atomic E-state index is 12.8. The van der Waals surface area contributed by atoms with Crippen molar-refractivity contribution in [3.8, 4) is 11.5 Å². The second-order valence-electron chi connectivity index (χ2n) is 6.01. The Hall–Kier alpha value is -1.71. The molecular formula is C17H25NO3. The maximum Gasteiger partial charge on any atom is 0.254 e. The molecule has 1 aromatic carbocycles. The number of hydrogen-bond acceptors (Lipinski definition) is 3. The number of rotatable bonds is 7. The van der Waals surface area contributed by atoms with Crippen molar-refractivity contribution in [2.75, 3.05) is 20.8 Å². The van der Waals surface area contributed by atoms with E-state index in [0.29, 0.717) is 29.0 Å². The first-order valence-electron chi connectivity index (χ1n) is 7.59. The van der Waals surface area contributed by atoms with Crippen molar-refractivity contribution >= 4 is 5.91 Å². The van der Waals surface area contributed by atoms with Crippen LogP contribution in [0.5, 0.6) is 11.5 Å². The smallest absolute Gasteiger partial charge is 0.254 e. The summed E-state index contributed by atoms with van der Waals surface area (Å²) >= 11 is 0. The summed E-state index contributed by atoms with van der Waals surface area (Å²) in [5.74, 6) is 1.98. The van der Waals surface area contributed by atoms with Crippen LogP contribution in [0, 0.1) is 5.92 Å². The highest BCUT2D eigenvalue weighted by Crippen LogP contribution is 2.30. The highest BCUT2D eigenvalue weighted by Gasteiger charge is 2.33. The summed E-state index contributed by atoms with van der Waals surface area (Å²) < 4.78 is 10.5. The Morgan fingerprint density at radius 1 is 1.19 bits per heavy atom. The topological polar surface area (TPSA) is 38.8 Å². The standard InChI is InChI=1S/C17H25NO3/c1-12(2)7-8-18(14-5-6-14)17(19)13-9-15(20-3)11-16(10-13)21-4/h9-12,14H,5-8H2,1-4H3. The van der Waals surface area contributed by atoms with Crippen molar-refractivity contribution in [3.05, 3.63) is 23.8 Å². The lowest BCUT2D eigenvalue weighted by Gasteiger charge is -2.24. The third kappa shape index (κ3) is 4.13. The fourth-order valence-electron chi connectivity index (χ4n) is 2.33. The predicted octanol–water partition coefficient (Wildman–Crippen LogP) is 3.35. The lowest BCUT2D eigenvalue weighted by molar-refractivity contribution is 0.0734. The monoisotopic (exact) mass is 291 g/mol. The summed E-state index contributed by atoms with van der Waals surface area (Å²) in [6.45, 7) is 5.19. The van der Waals surface area contributed by atoms with E-state index in [-0.39, 0.29) is 5.91 Å². The van der Waals surface area contributed by atoms with Gasteiger partial charge in [0.15, 0.2) is 0 Å². The van der Waals surface area contributed by atoms with Crippen LogP contribution in [0.4, 0.5) is 0 Å². The number of nitrogens with zero attached hydrogens (tertiary/aromatic N) is 1. The van der Waals surface area contributed by atoms with Gasteiger partial charge in [-0.2, -0.15) is 0 Å². The van der Waals surface area contributed by atoms with E-state index in [2.05, 4.69) is 13.8 Å². The summed E-state index contributed by atoms with van der Waals surface area (Å²) in [5.41, 5.74) is 0.641. The third-order valence-electron chi connectivity index (χ3n) is 3.79. The quantitative estimate of drug-likeness (QED) is 0.773. The van der Waals surface area contributed by atoms with Gasteiger partial charge in [-0.1, -0.05) is 13.8 Å².